The third-order valence-corrected chi connectivity index (χ3v) is 4.83. The lowest BCUT2D eigenvalue weighted by atomic mass is 9.94. The van der Waals surface area contributed by atoms with Crippen molar-refractivity contribution in [3.8, 4) is 0 Å². The maximum atomic E-state index is 11.3. The smallest absolute Gasteiger partial charge is 0.335 e. The Morgan fingerprint density at radius 2 is 1.44 bits per heavy atom. The van der Waals surface area contributed by atoms with Gasteiger partial charge < -0.3 is 5.11 Å². The number of hydrogen-bond donors (Lipinski definition) is 1. The molecule has 0 bridgehead atoms. The van der Waals surface area contributed by atoms with Gasteiger partial charge in [-0.25, -0.2) is 14.8 Å². The van der Waals surface area contributed by atoms with Gasteiger partial charge in [0, 0.05) is 11.1 Å². The van der Waals surface area contributed by atoms with E-state index in [0.29, 0.717) is 11.0 Å². The van der Waals surface area contributed by atoms with Crippen LogP contribution < -0.4 is 0 Å². The van der Waals surface area contributed by atoms with E-state index >= 15 is 0 Å². The Labute approximate surface area is 159 Å². The number of carboxylic acids is 1. The van der Waals surface area contributed by atoms with Crippen molar-refractivity contribution >= 4 is 40.2 Å². The average molecular weight is 360 g/mol. The van der Waals surface area contributed by atoms with Gasteiger partial charge in [0.05, 0.1) is 27.6 Å². The number of aromatic carboxylic acids is 1. The zero-order chi connectivity index (χ0) is 19.6. The maximum absolute atomic E-state index is 11.3. The minimum atomic E-state index is -0.962. The minimum Gasteiger partial charge on any atom is -0.478 e. The van der Waals surface area contributed by atoms with Crippen LogP contribution in [0.1, 0.15) is 59.3 Å². The Balaban J connectivity index is 2.45. The molecule has 1 N–H and O–H groups in total. The summed E-state index contributed by atoms with van der Waals surface area (Å²) in [4.78, 5) is 21.0. The van der Waals surface area contributed by atoms with E-state index in [9.17, 15) is 9.90 Å². The molecule has 138 valence electrons. The van der Waals surface area contributed by atoms with E-state index in [1.165, 1.54) is 11.1 Å². The molecule has 0 saturated heterocycles. The predicted octanol–water partition coefficient (Wildman–Crippen LogP) is 5.94. The number of aromatic nitrogens is 2. The fraction of sp³-hybridized carbons (Fsp3) is 0.261. The maximum Gasteiger partial charge on any atom is 0.335 e. The van der Waals surface area contributed by atoms with Crippen molar-refractivity contribution in [3.63, 3.8) is 0 Å². The molecule has 0 atom stereocenters. The van der Waals surface area contributed by atoms with Gasteiger partial charge in [-0.2, -0.15) is 0 Å². The van der Waals surface area contributed by atoms with Crippen LogP contribution in [0, 0.1) is 13.8 Å². The van der Waals surface area contributed by atoms with Crippen LogP contribution in [0.15, 0.2) is 30.4 Å². The summed E-state index contributed by atoms with van der Waals surface area (Å²) in [5.74, 6) is -0.962. The van der Waals surface area contributed by atoms with E-state index in [-0.39, 0.29) is 5.56 Å². The van der Waals surface area contributed by atoms with Crippen LogP contribution in [0.2, 0.25) is 0 Å². The highest BCUT2D eigenvalue weighted by Crippen LogP contribution is 2.31. The lowest BCUT2D eigenvalue weighted by Gasteiger charge is -2.14. The van der Waals surface area contributed by atoms with Gasteiger partial charge in [-0.3, -0.25) is 0 Å². The van der Waals surface area contributed by atoms with Gasteiger partial charge in [0.15, 0.2) is 0 Å². The van der Waals surface area contributed by atoms with Crippen LogP contribution >= 0.6 is 0 Å². The van der Waals surface area contributed by atoms with Crippen LogP contribution in [-0.2, 0) is 0 Å². The Kier molecular flexibility index (Phi) is 5.36. The molecule has 0 saturated carbocycles. The molecule has 0 aliphatic heterocycles. The molecule has 0 aliphatic carbocycles. The zero-order valence-corrected chi connectivity index (χ0v) is 16.2. The summed E-state index contributed by atoms with van der Waals surface area (Å²) in [5.41, 5.74) is 7.68. The second kappa shape index (κ2) is 7.70. The fourth-order valence-corrected chi connectivity index (χ4v) is 3.20. The lowest BCUT2D eigenvalue weighted by molar-refractivity contribution is 0.0697. The van der Waals surface area contributed by atoms with Crippen molar-refractivity contribution in [1.82, 2.24) is 9.97 Å². The standard InChI is InChI=1S/C23H24N2O2/c1-5-7-9-17-14(3)15(4)18(10-8-6-2)22-21(17)24-19-12-11-16(23(26)27)13-20(19)25-22/h7-13H,5-6H2,1-4H3,(H,26,27)/b9-7-,10-8-. The summed E-state index contributed by atoms with van der Waals surface area (Å²) in [6.45, 7) is 8.42. The first-order chi connectivity index (χ1) is 13.0. The number of nitrogens with zero attached hydrogens (tertiary/aromatic N) is 2. The molecule has 27 heavy (non-hydrogen) atoms. The Morgan fingerprint density at radius 3 is 1.93 bits per heavy atom. The van der Waals surface area contributed by atoms with E-state index in [0.717, 1.165) is 35.0 Å². The van der Waals surface area contributed by atoms with Gasteiger partial charge in [0.2, 0.25) is 0 Å². The highest BCUT2D eigenvalue weighted by molar-refractivity contribution is 5.99. The number of hydrogen-bond acceptors (Lipinski definition) is 3. The Hall–Kier alpha value is -3.01. The molecule has 0 radical (unpaired) electrons. The number of rotatable bonds is 5. The Bertz CT molecular complexity index is 1090. The number of carboxylic acid groups (broad SMARTS) is 1. The van der Waals surface area contributed by atoms with E-state index < -0.39 is 5.97 Å². The van der Waals surface area contributed by atoms with Gasteiger partial charge in [-0.15, -0.1) is 0 Å². The summed E-state index contributed by atoms with van der Waals surface area (Å²) >= 11 is 0. The van der Waals surface area contributed by atoms with Crippen molar-refractivity contribution in [1.29, 1.82) is 0 Å². The molecule has 0 amide bonds. The first-order valence-electron chi connectivity index (χ1n) is 9.28. The van der Waals surface area contributed by atoms with Gasteiger partial charge >= 0.3 is 5.97 Å². The highest BCUT2D eigenvalue weighted by atomic mass is 16.4. The molecule has 3 aromatic rings. The van der Waals surface area contributed by atoms with E-state index in [2.05, 4.69) is 52.0 Å². The first kappa shape index (κ1) is 18.8. The highest BCUT2D eigenvalue weighted by Gasteiger charge is 2.15. The van der Waals surface area contributed by atoms with Crippen LogP contribution in [0.3, 0.4) is 0 Å². The lowest BCUT2D eigenvalue weighted by Crippen LogP contribution is -2.01. The summed E-state index contributed by atoms with van der Waals surface area (Å²) in [6, 6.07) is 4.90. The minimum absolute atomic E-state index is 0.219. The SMILES string of the molecule is CC/C=C\c1c(C)c(C)c(/C=C\CC)c2nc3cc(C(=O)O)ccc3nc12. The third-order valence-electron chi connectivity index (χ3n) is 4.83. The van der Waals surface area contributed by atoms with E-state index in [4.69, 9.17) is 9.97 Å². The molecular weight excluding hydrogens is 336 g/mol. The second-order valence-corrected chi connectivity index (χ2v) is 6.63. The third kappa shape index (κ3) is 3.47. The molecule has 1 heterocycles. The molecule has 0 fully saturated rings. The predicted molar refractivity (Wildman–Crippen MR) is 112 cm³/mol. The molecule has 3 rings (SSSR count). The quantitative estimate of drug-likeness (QED) is 0.572. The zero-order valence-electron chi connectivity index (χ0n) is 16.2. The van der Waals surface area contributed by atoms with Crippen molar-refractivity contribution in [2.75, 3.05) is 0 Å². The fourth-order valence-electron chi connectivity index (χ4n) is 3.20. The van der Waals surface area contributed by atoms with Gasteiger partial charge in [-0.05, 0) is 56.0 Å². The summed E-state index contributed by atoms with van der Waals surface area (Å²) in [6.07, 6.45) is 10.3. The molecule has 1 aromatic heterocycles. The number of carbonyl (C=O) groups is 1. The largest absolute Gasteiger partial charge is 0.478 e. The molecule has 0 unspecified atom stereocenters. The van der Waals surface area contributed by atoms with Gasteiger partial charge in [0.25, 0.3) is 0 Å². The van der Waals surface area contributed by atoms with Crippen molar-refractivity contribution in [2.24, 2.45) is 0 Å². The topological polar surface area (TPSA) is 63.1 Å². The van der Waals surface area contributed by atoms with Crippen LogP contribution in [0.4, 0.5) is 0 Å². The molecule has 0 aliphatic rings. The monoisotopic (exact) mass is 360 g/mol. The van der Waals surface area contributed by atoms with Crippen LogP contribution in [-0.4, -0.2) is 21.0 Å². The summed E-state index contributed by atoms with van der Waals surface area (Å²) in [7, 11) is 0. The van der Waals surface area contributed by atoms with Crippen LogP contribution in [0.5, 0.6) is 0 Å². The first-order valence-corrected chi connectivity index (χ1v) is 9.28. The second-order valence-electron chi connectivity index (χ2n) is 6.63. The molecule has 4 heteroatoms. The van der Waals surface area contributed by atoms with Crippen LogP contribution in [0.25, 0.3) is 34.2 Å². The summed E-state index contributed by atoms with van der Waals surface area (Å²) in [5, 5.41) is 9.28. The van der Waals surface area contributed by atoms with Crippen molar-refractivity contribution < 1.29 is 9.90 Å². The van der Waals surface area contributed by atoms with Crippen molar-refractivity contribution in [3.05, 3.63) is 58.2 Å². The van der Waals surface area contributed by atoms with E-state index in [1.54, 1.807) is 18.2 Å². The van der Waals surface area contributed by atoms with Gasteiger partial charge in [-0.1, -0.05) is 38.2 Å². The Morgan fingerprint density at radius 1 is 0.926 bits per heavy atom. The number of benzene rings is 2. The molecule has 2 aromatic carbocycles. The van der Waals surface area contributed by atoms with Crippen molar-refractivity contribution in [2.45, 2.75) is 40.5 Å². The summed E-state index contributed by atoms with van der Waals surface area (Å²) < 4.78 is 0. The van der Waals surface area contributed by atoms with E-state index in [1.807, 2.05) is 0 Å². The number of allylic oxidation sites excluding steroid dienone is 2. The average Bonchev–Trinajstić information content (AvgIpc) is 2.66. The molecular formula is C23H24N2O2. The number of fused-ring (bicyclic) bond motifs is 2. The molecule has 0 spiro atoms. The van der Waals surface area contributed by atoms with Gasteiger partial charge in [0.1, 0.15) is 0 Å². The molecule has 4 nitrogen and oxygen atoms in total. The normalized spacial score (nSPS) is 12.0.